The SMILES string of the molecule is OC1(c2cccc(Cl)c2)CCCCC1CCN1CCN(Cc2ccc3ccccc3c2)CC1. The van der Waals surface area contributed by atoms with Crippen LogP contribution in [-0.4, -0.2) is 47.6 Å². The first-order valence-corrected chi connectivity index (χ1v) is 12.9. The Bertz CT molecular complexity index is 1080. The maximum atomic E-state index is 11.7. The van der Waals surface area contributed by atoms with Gasteiger partial charge in [0.2, 0.25) is 0 Å². The zero-order valence-corrected chi connectivity index (χ0v) is 20.2. The van der Waals surface area contributed by atoms with Gasteiger partial charge < -0.3 is 10.0 Å². The Kier molecular flexibility index (Phi) is 7.03. The second kappa shape index (κ2) is 10.1. The van der Waals surface area contributed by atoms with Crippen LogP contribution in [-0.2, 0) is 12.1 Å². The Balaban J connectivity index is 1.14. The molecule has 1 aliphatic carbocycles. The molecule has 3 aromatic carbocycles. The predicted molar refractivity (Wildman–Crippen MR) is 138 cm³/mol. The molecule has 2 atom stereocenters. The largest absolute Gasteiger partial charge is 0.385 e. The molecular formula is C29H35ClN2O. The van der Waals surface area contributed by atoms with E-state index in [1.54, 1.807) is 0 Å². The van der Waals surface area contributed by atoms with E-state index in [9.17, 15) is 5.11 Å². The average Bonchev–Trinajstić information content (AvgIpc) is 2.84. The second-order valence-electron chi connectivity index (χ2n) is 9.97. The predicted octanol–water partition coefficient (Wildman–Crippen LogP) is 6.08. The fourth-order valence-electron chi connectivity index (χ4n) is 5.85. The molecule has 33 heavy (non-hydrogen) atoms. The van der Waals surface area contributed by atoms with Crippen LogP contribution in [0.2, 0.25) is 5.02 Å². The molecule has 4 heteroatoms. The molecular weight excluding hydrogens is 428 g/mol. The zero-order chi connectivity index (χ0) is 22.7. The molecule has 2 unspecified atom stereocenters. The second-order valence-corrected chi connectivity index (χ2v) is 10.4. The third-order valence-corrected chi connectivity index (χ3v) is 8.07. The molecule has 1 aliphatic heterocycles. The number of aliphatic hydroxyl groups is 1. The van der Waals surface area contributed by atoms with Crippen molar-refractivity contribution in [3.8, 4) is 0 Å². The Hall–Kier alpha value is -1.91. The highest BCUT2D eigenvalue weighted by molar-refractivity contribution is 6.30. The number of halogens is 1. The summed E-state index contributed by atoms with van der Waals surface area (Å²) in [6, 6.07) is 23.3. The molecule has 0 spiro atoms. The van der Waals surface area contributed by atoms with E-state index in [1.807, 2.05) is 18.2 Å². The summed E-state index contributed by atoms with van der Waals surface area (Å²) in [6.07, 6.45) is 5.30. The van der Waals surface area contributed by atoms with Crippen LogP contribution in [0.3, 0.4) is 0 Å². The molecule has 1 N–H and O–H groups in total. The van der Waals surface area contributed by atoms with E-state index in [0.29, 0.717) is 10.9 Å². The molecule has 5 rings (SSSR count). The van der Waals surface area contributed by atoms with E-state index < -0.39 is 5.60 Å². The van der Waals surface area contributed by atoms with Crippen molar-refractivity contribution < 1.29 is 5.11 Å². The first kappa shape index (κ1) is 22.9. The minimum absolute atomic E-state index is 0.306. The van der Waals surface area contributed by atoms with E-state index in [2.05, 4.69) is 58.3 Å². The van der Waals surface area contributed by atoms with Gasteiger partial charge in [0.05, 0.1) is 5.60 Å². The lowest BCUT2D eigenvalue weighted by molar-refractivity contribution is -0.0610. The van der Waals surface area contributed by atoms with Gasteiger partial charge in [-0.15, -0.1) is 0 Å². The highest BCUT2D eigenvalue weighted by Gasteiger charge is 2.40. The van der Waals surface area contributed by atoms with Crippen molar-refractivity contribution in [2.24, 2.45) is 5.92 Å². The van der Waals surface area contributed by atoms with E-state index in [1.165, 1.54) is 22.8 Å². The van der Waals surface area contributed by atoms with Crippen LogP contribution in [0.15, 0.2) is 66.7 Å². The average molecular weight is 463 g/mol. The molecule has 174 valence electrons. The number of benzene rings is 3. The van der Waals surface area contributed by atoms with Crippen LogP contribution in [0.4, 0.5) is 0 Å². The Morgan fingerprint density at radius 3 is 2.45 bits per heavy atom. The van der Waals surface area contributed by atoms with Crippen LogP contribution in [0.5, 0.6) is 0 Å². The molecule has 0 aromatic heterocycles. The minimum atomic E-state index is -0.735. The zero-order valence-electron chi connectivity index (χ0n) is 19.4. The molecule has 3 aromatic rings. The summed E-state index contributed by atoms with van der Waals surface area (Å²) < 4.78 is 0. The van der Waals surface area contributed by atoms with Crippen molar-refractivity contribution in [2.75, 3.05) is 32.7 Å². The summed E-state index contributed by atoms with van der Waals surface area (Å²) in [7, 11) is 0. The molecule has 2 aliphatic rings. The number of hydrogen-bond acceptors (Lipinski definition) is 3. The Morgan fingerprint density at radius 1 is 0.848 bits per heavy atom. The van der Waals surface area contributed by atoms with E-state index in [-0.39, 0.29) is 0 Å². The third-order valence-electron chi connectivity index (χ3n) is 7.84. The van der Waals surface area contributed by atoms with Crippen molar-refractivity contribution in [1.82, 2.24) is 9.80 Å². The van der Waals surface area contributed by atoms with Gasteiger partial charge in [-0.1, -0.05) is 73.0 Å². The molecule has 1 saturated carbocycles. The fraction of sp³-hybridized carbons (Fsp3) is 0.448. The Morgan fingerprint density at radius 2 is 1.64 bits per heavy atom. The van der Waals surface area contributed by atoms with Gasteiger partial charge in [0.1, 0.15) is 0 Å². The minimum Gasteiger partial charge on any atom is -0.385 e. The summed E-state index contributed by atoms with van der Waals surface area (Å²) in [5.74, 6) is 0.306. The number of piperazine rings is 1. The summed E-state index contributed by atoms with van der Waals surface area (Å²) in [5, 5.41) is 15.0. The third kappa shape index (κ3) is 5.27. The lowest BCUT2D eigenvalue weighted by Crippen LogP contribution is -2.47. The quantitative estimate of drug-likeness (QED) is 0.481. The number of rotatable bonds is 6. The van der Waals surface area contributed by atoms with Gasteiger partial charge >= 0.3 is 0 Å². The first-order valence-electron chi connectivity index (χ1n) is 12.5. The first-order chi connectivity index (χ1) is 16.1. The molecule has 1 saturated heterocycles. The van der Waals surface area contributed by atoms with Crippen molar-refractivity contribution in [1.29, 1.82) is 0 Å². The van der Waals surface area contributed by atoms with E-state index in [4.69, 9.17) is 11.6 Å². The van der Waals surface area contributed by atoms with Crippen molar-refractivity contribution in [2.45, 2.75) is 44.2 Å². The van der Waals surface area contributed by atoms with Crippen molar-refractivity contribution in [3.05, 3.63) is 82.9 Å². The highest BCUT2D eigenvalue weighted by atomic mass is 35.5. The molecule has 0 amide bonds. The smallest absolute Gasteiger partial charge is 0.0925 e. The topological polar surface area (TPSA) is 26.7 Å². The summed E-state index contributed by atoms with van der Waals surface area (Å²) in [6.45, 7) is 6.52. The maximum Gasteiger partial charge on any atom is 0.0925 e. The van der Waals surface area contributed by atoms with Gasteiger partial charge in [-0.2, -0.15) is 0 Å². The van der Waals surface area contributed by atoms with Gasteiger partial charge in [-0.3, -0.25) is 4.90 Å². The van der Waals surface area contributed by atoms with E-state index >= 15 is 0 Å². The van der Waals surface area contributed by atoms with Crippen LogP contribution < -0.4 is 0 Å². The summed E-state index contributed by atoms with van der Waals surface area (Å²) in [5.41, 5.74) is 1.66. The fourth-order valence-corrected chi connectivity index (χ4v) is 6.04. The van der Waals surface area contributed by atoms with Gasteiger partial charge in [0.15, 0.2) is 0 Å². The van der Waals surface area contributed by atoms with Gasteiger partial charge in [0.25, 0.3) is 0 Å². The number of nitrogens with zero attached hydrogens (tertiary/aromatic N) is 2. The normalized spacial score (nSPS) is 24.8. The van der Waals surface area contributed by atoms with Gasteiger partial charge in [0, 0.05) is 37.7 Å². The highest BCUT2D eigenvalue weighted by Crippen LogP contribution is 2.44. The van der Waals surface area contributed by atoms with Crippen LogP contribution >= 0.6 is 11.6 Å². The van der Waals surface area contributed by atoms with Crippen LogP contribution in [0.1, 0.15) is 43.2 Å². The summed E-state index contributed by atoms with van der Waals surface area (Å²) in [4.78, 5) is 5.16. The molecule has 0 radical (unpaired) electrons. The number of hydrogen-bond donors (Lipinski definition) is 1. The van der Waals surface area contributed by atoms with Crippen LogP contribution in [0, 0.1) is 5.92 Å². The summed E-state index contributed by atoms with van der Waals surface area (Å²) >= 11 is 6.25. The number of fused-ring (bicyclic) bond motifs is 1. The van der Waals surface area contributed by atoms with Crippen molar-refractivity contribution >= 4 is 22.4 Å². The standard InChI is InChI=1S/C29H35ClN2O/c30-28-10-5-9-27(21-28)29(33)14-4-3-8-26(29)13-15-31-16-18-32(19-17-31)22-23-11-12-24-6-1-2-7-25(24)20-23/h1-2,5-7,9-12,20-21,26,33H,3-4,8,13-19,22H2. The van der Waals surface area contributed by atoms with Crippen molar-refractivity contribution in [3.63, 3.8) is 0 Å². The van der Waals surface area contributed by atoms with Gasteiger partial charge in [-0.05, 0) is 71.8 Å². The lowest BCUT2D eigenvalue weighted by Gasteiger charge is -2.42. The monoisotopic (exact) mass is 462 g/mol. The van der Waals surface area contributed by atoms with Gasteiger partial charge in [-0.25, -0.2) is 0 Å². The maximum absolute atomic E-state index is 11.7. The molecule has 2 fully saturated rings. The molecule has 1 heterocycles. The van der Waals surface area contributed by atoms with Crippen LogP contribution in [0.25, 0.3) is 10.8 Å². The lowest BCUT2D eigenvalue weighted by atomic mass is 9.70. The molecule has 3 nitrogen and oxygen atoms in total. The Labute approximate surface area is 203 Å². The molecule has 0 bridgehead atoms. The van der Waals surface area contributed by atoms with E-state index in [0.717, 1.165) is 70.5 Å².